The lowest BCUT2D eigenvalue weighted by molar-refractivity contribution is -0.137. The van der Waals surface area contributed by atoms with E-state index in [0.717, 1.165) is 51.7 Å². The van der Waals surface area contributed by atoms with Crippen LogP contribution in [0.25, 0.3) is 0 Å². The van der Waals surface area contributed by atoms with Gasteiger partial charge in [0.1, 0.15) is 5.75 Å². The number of anilines is 1. The van der Waals surface area contributed by atoms with E-state index in [1.165, 1.54) is 5.56 Å². The quantitative estimate of drug-likeness (QED) is 0.169. The second-order valence-corrected chi connectivity index (χ2v) is 10.4. The summed E-state index contributed by atoms with van der Waals surface area (Å²) >= 11 is 0. The molecule has 0 saturated heterocycles. The molecular weight excluding hydrogens is 533 g/mol. The van der Waals surface area contributed by atoms with Crippen molar-refractivity contribution in [3.63, 3.8) is 0 Å². The van der Waals surface area contributed by atoms with Gasteiger partial charge in [0.25, 0.3) is 0 Å². The Balaban J connectivity index is 1.70. The molecule has 4 rings (SSSR count). The average molecular weight is 571 g/mol. The highest BCUT2D eigenvalue weighted by Gasteiger charge is 2.30. The predicted octanol–water partition coefficient (Wildman–Crippen LogP) is 9.01. The van der Waals surface area contributed by atoms with Crippen LogP contribution in [0.1, 0.15) is 33.7 Å². The highest BCUT2D eigenvalue weighted by Crippen LogP contribution is 2.38. The first kappa shape index (κ1) is 30.5. The predicted molar refractivity (Wildman–Crippen MR) is 166 cm³/mol. The lowest BCUT2D eigenvalue weighted by atomic mass is 9.91. The normalized spacial score (nSPS) is 12.0. The summed E-state index contributed by atoms with van der Waals surface area (Å²) in [5.41, 5.74) is 5.94. The molecule has 0 N–H and O–H groups in total. The Morgan fingerprint density at radius 3 is 2.02 bits per heavy atom. The smallest absolute Gasteiger partial charge is 0.416 e. The standard InChI is InChI=1S/C36H37F3N2O/c1-26-16-21-33(24-34(26)42-5)41(23-22-29-17-19-32(20-18-29)36(37,38)39)28(3)35(31-14-10-7-11-15-31)27(2)40(4)25-30-12-8-6-9-13-30/h6-21,24,35H,2-3,22-23,25H2,1,4-5H3. The van der Waals surface area contributed by atoms with Gasteiger partial charge >= 0.3 is 6.18 Å². The van der Waals surface area contributed by atoms with Gasteiger partial charge in [0.2, 0.25) is 0 Å². The Kier molecular flexibility index (Phi) is 9.79. The molecule has 0 fully saturated rings. The molecule has 0 radical (unpaired) electrons. The number of rotatable bonds is 12. The molecule has 3 nitrogen and oxygen atoms in total. The van der Waals surface area contributed by atoms with Crippen LogP contribution in [0.15, 0.2) is 128 Å². The molecule has 6 heteroatoms. The van der Waals surface area contributed by atoms with Crippen molar-refractivity contribution in [2.24, 2.45) is 0 Å². The van der Waals surface area contributed by atoms with Gasteiger partial charge in [0.15, 0.2) is 0 Å². The molecule has 1 atom stereocenters. The number of hydrogen-bond donors (Lipinski definition) is 0. The van der Waals surface area contributed by atoms with Gasteiger partial charge in [-0.1, -0.05) is 92.0 Å². The highest BCUT2D eigenvalue weighted by molar-refractivity contribution is 5.59. The van der Waals surface area contributed by atoms with Crippen molar-refractivity contribution >= 4 is 5.69 Å². The SMILES string of the molecule is C=C(C(C(=C)N(CCc1ccc(C(F)(F)F)cc1)c1ccc(C)c(OC)c1)c1ccccc1)N(C)Cc1ccccc1. The van der Waals surface area contributed by atoms with Gasteiger partial charge in [-0.05, 0) is 53.8 Å². The maximum Gasteiger partial charge on any atom is 0.416 e. The number of ether oxygens (including phenoxy) is 1. The molecule has 0 saturated carbocycles. The lowest BCUT2D eigenvalue weighted by Crippen LogP contribution is -2.32. The van der Waals surface area contributed by atoms with Gasteiger partial charge in [-0.3, -0.25) is 0 Å². The van der Waals surface area contributed by atoms with Gasteiger partial charge in [-0.25, -0.2) is 0 Å². The first-order valence-electron chi connectivity index (χ1n) is 13.8. The molecule has 0 aromatic heterocycles. The summed E-state index contributed by atoms with van der Waals surface area (Å²) in [6.07, 6.45) is -3.85. The Labute approximate surface area is 247 Å². The van der Waals surface area contributed by atoms with Crippen molar-refractivity contribution in [3.8, 4) is 5.75 Å². The number of methoxy groups -OCH3 is 1. The second kappa shape index (κ2) is 13.5. The molecule has 0 heterocycles. The van der Waals surface area contributed by atoms with E-state index in [4.69, 9.17) is 4.74 Å². The Hall–Kier alpha value is -4.45. The Morgan fingerprint density at radius 2 is 1.43 bits per heavy atom. The maximum absolute atomic E-state index is 13.1. The summed E-state index contributed by atoms with van der Waals surface area (Å²) in [5.74, 6) is 0.496. The summed E-state index contributed by atoms with van der Waals surface area (Å²) in [5, 5.41) is 0. The molecule has 218 valence electrons. The topological polar surface area (TPSA) is 15.7 Å². The van der Waals surface area contributed by atoms with Crippen LogP contribution < -0.4 is 9.64 Å². The minimum atomic E-state index is -4.37. The number of benzene rings is 4. The fourth-order valence-electron chi connectivity index (χ4n) is 5.07. The molecule has 4 aromatic carbocycles. The molecule has 0 aliphatic carbocycles. The van der Waals surface area contributed by atoms with Crippen LogP contribution in [0.3, 0.4) is 0 Å². The molecule has 0 bridgehead atoms. The van der Waals surface area contributed by atoms with Crippen molar-refractivity contribution < 1.29 is 17.9 Å². The third kappa shape index (κ3) is 7.43. The summed E-state index contributed by atoms with van der Waals surface area (Å²) in [4.78, 5) is 4.26. The molecule has 0 aliphatic heterocycles. The third-order valence-electron chi connectivity index (χ3n) is 7.51. The summed E-state index contributed by atoms with van der Waals surface area (Å²) < 4.78 is 45.1. The molecule has 0 aliphatic rings. The average Bonchev–Trinajstić information content (AvgIpc) is 2.99. The van der Waals surface area contributed by atoms with Crippen molar-refractivity contribution in [2.45, 2.75) is 32.0 Å². The zero-order valence-corrected chi connectivity index (χ0v) is 24.4. The molecule has 0 amide bonds. The van der Waals surface area contributed by atoms with Crippen molar-refractivity contribution in [2.75, 3.05) is 25.6 Å². The lowest BCUT2D eigenvalue weighted by Gasteiger charge is -2.36. The van der Waals surface area contributed by atoms with Crippen molar-refractivity contribution in [1.29, 1.82) is 0 Å². The van der Waals surface area contributed by atoms with Crippen LogP contribution in [-0.4, -0.2) is 25.6 Å². The van der Waals surface area contributed by atoms with E-state index in [1.54, 1.807) is 19.2 Å². The van der Waals surface area contributed by atoms with E-state index in [0.29, 0.717) is 19.5 Å². The monoisotopic (exact) mass is 570 g/mol. The van der Waals surface area contributed by atoms with Gasteiger partial charge in [-0.2, -0.15) is 13.2 Å². The van der Waals surface area contributed by atoms with Crippen molar-refractivity contribution in [3.05, 3.63) is 155 Å². The van der Waals surface area contributed by atoms with E-state index < -0.39 is 11.7 Å². The summed E-state index contributed by atoms with van der Waals surface area (Å²) in [6, 6.07) is 31.7. The fourth-order valence-corrected chi connectivity index (χ4v) is 5.07. The van der Waals surface area contributed by atoms with Gasteiger partial charge < -0.3 is 14.5 Å². The van der Waals surface area contributed by atoms with Crippen LogP contribution in [0.4, 0.5) is 18.9 Å². The van der Waals surface area contributed by atoms with Crippen LogP contribution >= 0.6 is 0 Å². The van der Waals surface area contributed by atoms with Crippen LogP contribution in [0.2, 0.25) is 0 Å². The maximum atomic E-state index is 13.1. The van der Waals surface area contributed by atoms with E-state index in [1.807, 2.05) is 68.6 Å². The van der Waals surface area contributed by atoms with Gasteiger partial charge in [0, 0.05) is 43.3 Å². The number of hydrogen-bond acceptors (Lipinski definition) is 3. The summed E-state index contributed by atoms with van der Waals surface area (Å²) in [7, 11) is 3.67. The minimum absolute atomic E-state index is 0.250. The van der Waals surface area contributed by atoms with Crippen LogP contribution in [0.5, 0.6) is 5.75 Å². The number of halogens is 3. The van der Waals surface area contributed by atoms with E-state index in [-0.39, 0.29) is 5.92 Å². The van der Waals surface area contributed by atoms with Gasteiger partial charge in [-0.15, -0.1) is 0 Å². The molecule has 0 spiro atoms. The van der Waals surface area contributed by atoms with Crippen molar-refractivity contribution in [1.82, 2.24) is 4.90 Å². The number of alkyl halides is 3. The Morgan fingerprint density at radius 1 is 0.810 bits per heavy atom. The molecular formula is C36H37F3N2O. The highest BCUT2D eigenvalue weighted by atomic mass is 19.4. The molecule has 1 unspecified atom stereocenters. The first-order chi connectivity index (χ1) is 20.1. The number of aryl methyl sites for hydroxylation is 1. The number of nitrogens with zero attached hydrogens (tertiary/aromatic N) is 2. The molecule has 4 aromatic rings. The number of likely N-dealkylation sites (N-methyl/N-ethyl adjacent to an activating group) is 1. The first-order valence-corrected chi connectivity index (χ1v) is 13.8. The van der Waals surface area contributed by atoms with Crippen LogP contribution in [-0.2, 0) is 19.1 Å². The zero-order valence-electron chi connectivity index (χ0n) is 24.4. The molecule has 42 heavy (non-hydrogen) atoms. The minimum Gasteiger partial charge on any atom is -0.496 e. The van der Waals surface area contributed by atoms with Gasteiger partial charge in [0.05, 0.1) is 18.6 Å². The largest absolute Gasteiger partial charge is 0.496 e. The van der Waals surface area contributed by atoms with E-state index in [2.05, 4.69) is 47.2 Å². The second-order valence-electron chi connectivity index (χ2n) is 10.4. The Bertz CT molecular complexity index is 1480. The van der Waals surface area contributed by atoms with E-state index >= 15 is 0 Å². The summed E-state index contributed by atoms with van der Waals surface area (Å²) in [6.45, 7) is 12.3. The zero-order chi connectivity index (χ0) is 30.3. The fraction of sp³-hybridized carbons (Fsp3) is 0.222. The van der Waals surface area contributed by atoms with E-state index in [9.17, 15) is 13.2 Å². The third-order valence-corrected chi connectivity index (χ3v) is 7.51. The van der Waals surface area contributed by atoms with Crippen LogP contribution in [0, 0.1) is 6.92 Å².